The first-order chi connectivity index (χ1) is 15.6. The number of hydrogen-bond donors (Lipinski definition) is 3. The van der Waals surface area contributed by atoms with E-state index in [1.54, 1.807) is 6.07 Å². The Morgan fingerprint density at radius 3 is 2.84 bits per heavy atom. The zero-order chi connectivity index (χ0) is 22.1. The Balaban J connectivity index is 1.63. The molecule has 4 N–H and O–H groups in total. The van der Waals surface area contributed by atoms with Crippen LogP contribution in [0, 0.1) is 6.92 Å². The van der Waals surface area contributed by atoms with Crippen LogP contribution in [0.4, 0.5) is 5.82 Å². The van der Waals surface area contributed by atoms with E-state index in [4.69, 9.17) is 15.7 Å². The number of nitrogens with one attached hydrogen (secondary N) is 2. The van der Waals surface area contributed by atoms with Gasteiger partial charge >= 0.3 is 0 Å². The third kappa shape index (κ3) is 3.71. The summed E-state index contributed by atoms with van der Waals surface area (Å²) >= 11 is 0. The van der Waals surface area contributed by atoms with Gasteiger partial charge < -0.3 is 20.8 Å². The zero-order valence-corrected chi connectivity index (χ0v) is 18.1. The Kier molecular flexibility index (Phi) is 5.33. The monoisotopic (exact) mass is 426 g/mol. The van der Waals surface area contributed by atoms with Crippen molar-refractivity contribution in [2.24, 2.45) is 5.73 Å². The molecule has 0 unspecified atom stereocenters. The van der Waals surface area contributed by atoms with Gasteiger partial charge in [0, 0.05) is 24.8 Å². The lowest BCUT2D eigenvalue weighted by Crippen LogP contribution is -2.15. The van der Waals surface area contributed by atoms with Crippen LogP contribution in [0.25, 0.3) is 17.0 Å². The van der Waals surface area contributed by atoms with Crippen LogP contribution >= 0.6 is 0 Å². The first-order valence-corrected chi connectivity index (χ1v) is 10.9. The lowest BCUT2D eigenvalue weighted by molar-refractivity contribution is 0.100. The molecule has 7 heteroatoms. The molecular weight excluding hydrogens is 400 g/mol. The molecule has 0 spiro atoms. The zero-order valence-electron chi connectivity index (χ0n) is 18.1. The maximum atomic E-state index is 11.9. The van der Waals surface area contributed by atoms with Crippen LogP contribution in [-0.4, -0.2) is 26.8 Å². The van der Waals surface area contributed by atoms with Crippen molar-refractivity contribution in [2.45, 2.75) is 32.9 Å². The van der Waals surface area contributed by atoms with Gasteiger partial charge in [0.2, 0.25) is 0 Å². The number of fused-ring (bicyclic) bond motifs is 2. The quantitative estimate of drug-likeness (QED) is 0.454. The number of benzene rings is 1. The highest BCUT2D eigenvalue weighted by Gasteiger charge is 2.21. The fourth-order valence-corrected chi connectivity index (χ4v) is 4.39. The highest BCUT2D eigenvalue weighted by molar-refractivity contribution is 6.00. The summed E-state index contributed by atoms with van der Waals surface area (Å²) < 4.78 is 1.96. The predicted molar refractivity (Wildman–Crippen MR) is 125 cm³/mol. The van der Waals surface area contributed by atoms with Gasteiger partial charge in [0.1, 0.15) is 5.82 Å². The largest absolute Gasteiger partial charge is 0.366 e. The molecule has 4 heterocycles. The average molecular weight is 427 g/mol. The molecule has 0 atom stereocenters. The molecule has 0 bridgehead atoms. The van der Waals surface area contributed by atoms with Crippen molar-refractivity contribution in [1.29, 1.82) is 0 Å². The predicted octanol–water partition coefficient (Wildman–Crippen LogP) is 3.45. The molecule has 0 radical (unpaired) electrons. The van der Waals surface area contributed by atoms with Gasteiger partial charge in [-0.2, -0.15) is 0 Å². The summed E-state index contributed by atoms with van der Waals surface area (Å²) in [6.45, 7) is 4.37. The lowest BCUT2D eigenvalue weighted by atomic mass is 10.1. The van der Waals surface area contributed by atoms with Crippen molar-refractivity contribution >= 4 is 17.2 Å². The van der Waals surface area contributed by atoms with E-state index in [2.05, 4.69) is 22.8 Å². The first-order valence-electron chi connectivity index (χ1n) is 10.9. The van der Waals surface area contributed by atoms with Gasteiger partial charge in [-0.05, 0) is 55.6 Å². The minimum absolute atomic E-state index is 0.447. The smallest absolute Gasteiger partial charge is 0.250 e. The van der Waals surface area contributed by atoms with E-state index in [1.807, 2.05) is 47.9 Å². The standard InChI is InChI=1S/C25H26N6O/c1-16-13-21-19(23(26)32)10-6-12-31(21)22(16)25-29-20-15-27-11-5-9-18(20)24(30-25)28-14-17-7-3-2-4-8-17/h2-4,6-8,10,12-13,27H,5,9,11,14-15H2,1H3,(H2,26,32)(H,28,29,30). The molecule has 0 saturated carbocycles. The topological polar surface area (TPSA) is 97.3 Å². The Bertz CT molecular complexity index is 1300. The lowest BCUT2D eigenvalue weighted by Gasteiger charge is -2.16. The number of pyridine rings is 1. The second-order valence-electron chi connectivity index (χ2n) is 8.16. The van der Waals surface area contributed by atoms with Crippen LogP contribution < -0.4 is 16.4 Å². The fraction of sp³-hybridized carbons (Fsp3) is 0.240. The SMILES string of the molecule is Cc1cc2c(C(N)=O)cccn2c1-c1nc2c(c(NCc3ccccc3)n1)CCCNC2. The summed E-state index contributed by atoms with van der Waals surface area (Å²) in [7, 11) is 0. The number of carbonyl (C=O) groups is 1. The molecule has 32 heavy (non-hydrogen) atoms. The molecule has 1 amide bonds. The van der Waals surface area contributed by atoms with Crippen molar-refractivity contribution in [1.82, 2.24) is 19.7 Å². The minimum atomic E-state index is -0.447. The second-order valence-corrected chi connectivity index (χ2v) is 8.16. The third-order valence-electron chi connectivity index (χ3n) is 5.95. The molecule has 0 saturated heterocycles. The molecule has 4 aromatic rings. The summed E-state index contributed by atoms with van der Waals surface area (Å²) in [5, 5.41) is 7.02. The van der Waals surface area contributed by atoms with Crippen molar-refractivity contribution < 1.29 is 4.79 Å². The highest BCUT2D eigenvalue weighted by atomic mass is 16.1. The number of aromatic nitrogens is 3. The summed E-state index contributed by atoms with van der Waals surface area (Å²) in [5.41, 5.74) is 12.1. The van der Waals surface area contributed by atoms with Crippen LogP contribution in [0.15, 0.2) is 54.7 Å². The average Bonchev–Trinajstić information content (AvgIpc) is 2.96. The van der Waals surface area contributed by atoms with Crippen LogP contribution in [0.2, 0.25) is 0 Å². The first kappa shape index (κ1) is 20.2. The molecule has 7 nitrogen and oxygen atoms in total. The van der Waals surface area contributed by atoms with Crippen molar-refractivity contribution in [3.05, 3.63) is 82.7 Å². The van der Waals surface area contributed by atoms with E-state index in [1.165, 1.54) is 11.1 Å². The Morgan fingerprint density at radius 2 is 2.03 bits per heavy atom. The van der Waals surface area contributed by atoms with Crippen molar-refractivity contribution in [3.8, 4) is 11.5 Å². The number of aryl methyl sites for hydroxylation is 1. The summed E-state index contributed by atoms with van der Waals surface area (Å²) in [4.78, 5) is 21.9. The van der Waals surface area contributed by atoms with Gasteiger partial charge in [0.15, 0.2) is 5.82 Å². The molecule has 1 aromatic carbocycles. The second kappa shape index (κ2) is 8.43. The molecule has 5 rings (SSSR count). The molecule has 3 aromatic heterocycles. The molecule has 1 aliphatic rings. The highest BCUT2D eigenvalue weighted by Crippen LogP contribution is 2.30. The molecule has 162 valence electrons. The van der Waals surface area contributed by atoms with Gasteiger partial charge in [0.25, 0.3) is 5.91 Å². The number of carbonyl (C=O) groups excluding carboxylic acids is 1. The van der Waals surface area contributed by atoms with E-state index < -0.39 is 5.91 Å². The number of hydrogen-bond acceptors (Lipinski definition) is 5. The Hall–Kier alpha value is -3.71. The summed E-state index contributed by atoms with van der Waals surface area (Å²) in [5.74, 6) is 1.07. The number of nitrogens with zero attached hydrogens (tertiary/aromatic N) is 3. The Morgan fingerprint density at radius 1 is 1.19 bits per heavy atom. The van der Waals surface area contributed by atoms with Gasteiger partial charge in [0.05, 0.1) is 22.5 Å². The minimum Gasteiger partial charge on any atom is -0.366 e. The summed E-state index contributed by atoms with van der Waals surface area (Å²) in [6.07, 6.45) is 3.90. The third-order valence-corrected chi connectivity index (χ3v) is 5.95. The van der Waals surface area contributed by atoms with E-state index >= 15 is 0 Å². The number of nitrogens with two attached hydrogens (primary N) is 1. The molecule has 0 aliphatic carbocycles. The molecule has 1 aliphatic heterocycles. The normalized spacial score (nSPS) is 13.5. The molecule has 0 fully saturated rings. The van der Waals surface area contributed by atoms with E-state index in [0.717, 1.165) is 47.7 Å². The van der Waals surface area contributed by atoms with E-state index in [9.17, 15) is 4.79 Å². The maximum Gasteiger partial charge on any atom is 0.250 e. The summed E-state index contributed by atoms with van der Waals surface area (Å²) in [6, 6.07) is 15.9. The van der Waals surface area contributed by atoms with Gasteiger partial charge in [-0.1, -0.05) is 30.3 Å². The number of amides is 1. The van der Waals surface area contributed by atoms with Gasteiger partial charge in [-0.25, -0.2) is 9.97 Å². The Labute approximate surface area is 186 Å². The van der Waals surface area contributed by atoms with Crippen LogP contribution in [0.3, 0.4) is 0 Å². The number of rotatable bonds is 5. The molecular formula is C25H26N6O. The van der Waals surface area contributed by atoms with Crippen LogP contribution in [-0.2, 0) is 19.5 Å². The van der Waals surface area contributed by atoms with Gasteiger partial charge in [-0.15, -0.1) is 0 Å². The fourth-order valence-electron chi connectivity index (χ4n) is 4.39. The number of anilines is 1. The van der Waals surface area contributed by atoms with Crippen molar-refractivity contribution in [2.75, 3.05) is 11.9 Å². The van der Waals surface area contributed by atoms with Crippen molar-refractivity contribution in [3.63, 3.8) is 0 Å². The van der Waals surface area contributed by atoms with E-state index in [0.29, 0.717) is 24.5 Å². The van der Waals surface area contributed by atoms with E-state index in [-0.39, 0.29) is 0 Å². The number of primary amides is 1. The van der Waals surface area contributed by atoms with Gasteiger partial charge in [-0.3, -0.25) is 4.79 Å². The van der Waals surface area contributed by atoms with Crippen LogP contribution in [0.5, 0.6) is 0 Å². The van der Waals surface area contributed by atoms with Crippen LogP contribution in [0.1, 0.15) is 39.2 Å². The maximum absolute atomic E-state index is 11.9.